The fourth-order valence-corrected chi connectivity index (χ4v) is 2.86. The quantitative estimate of drug-likeness (QED) is 0.482. The number of aromatic nitrogens is 2. The van der Waals surface area contributed by atoms with Crippen LogP contribution >= 0.6 is 15.9 Å². The van der Waals surface area contributed by atoms with Crippen molar-refractivity contribution in [1.29, 1.82) is 0 Å². The van der Waals surface area contributed by atoms with Gasteiger partial charge in [-0.1, -0.05) is 58.4 Å². The van der Waals surface area contributed by atoms with Crippen LogP contribution in [0.15, 0.2) is 86.9 Å². The van der Waals surface area contributed by atoms with E-state index in [0.29, 0.717) is 11.7 Å². The van der Waals surface area contributed by atoms with Gasteiger partial charge in [-0.05, 0) is 24.3 Å². The van der Waals surface area contributed by atoms with E-state index in [4.69, 9.17) is 10.2 Å². The van der Waals surface area contributed by atoms with Crippen LogP contribution in [0.5, 0.6) is 0 Å². The number of nitrogen functional groups attached to an aromatic ring is 1. The van der Waals surface area contributed by atoms with Crippen molar-refractivity contribution >= 4 is 28.1 Å². The third-order valence-electron chi connectivity index (χ3n) is 3.89. The number of rotatable bonds is 4. The van der Waals surface area contributed by atoms with Crippen molar-refractivity contribution in [3.63, 3.8) is 0 Å². The topological polar surface area (TPSA) is 69.3 Å². The van der Waals surface area contributed by atoms with Crippen LogP contribution in [0.2, 0.25) is 0 Å². The Bertz CT molecular complexity index is 1050. The molecule has 2 aromatic heterocycles. The van der Waals surface area contributed by atoms with Crippen molar-refractivity contribution in [2.24, 2.45) is 5.10 Å². The van der Waals surface area contributed by atoms with Crippen molar-refractivity contribution in [2.45, 2.75) is 0 Å². The monoisotopic (exact) mass is 406 g/mol. The Morgan fingerprint density at radius 1 is 0.962 bits per heavy atom. The second-order valence-electron chi connectivity index (χ2n) is 5.63. The third kappa shape index (κ3) is 3.32. The molecule has 5 nitrogen and oxygen atoms in total. The lowest BCUT2D eigenvalue weighted by molar-refractivity contribution is 0.574. The molecule has 0 spiro atoms. The van der Waals surface area contributed by atoms with E-state index < -0.39 is 0 Å². The summed E-state index contributed by atoms with van der Waals surface area (Å²) in [4.78, 5) is 4.17. The van der Waals surface area contributed by atoms with Crippen LogP contribution in [-0.2, 0) is 0 Å². The molecule has 2 heterocycles. The first-order valence-electron chi connectivity index (χ1n) is 7.99. The van der Waals surface area contributed by atoms with Gasteiger partial charge in [0.2, 0.25) is 5.95 Å². The molecule has 0 fully saturated rings. The number of anilines is 1. The van der Waals surface area contributed by atoms with Gasteiger partial charge in [-0.15, -0.1) is 0 Å². The van der Waals surface area contributed by atoms with Crippen LogP contribution in [0.4, 0.5) is 5.95 Å². The molecule has 0 saturated heterocycles. The average Bonchev–Trinajstić information content (AvgIpc) is 3.28. The summed E-state index contributed by atoms with van der Waals surface area (Å²) in [6.45, 7) is 0. The zero-order valence-corrected chi connectivity index (χ0v) is 15.3. The second kappa shape index (κ2) is 7.01. The minimum absolute atomic E-state index is 0.314. The van der Waals surface area contributed by atoms with Gasteiger partial charge in [-0.25, -0.2) is 4.98 Å². The lowest BCUT2D eigenvalue weighted by Crippen LogP contribution is -1.99. The number of halogens is 1. The lowest BCUT2D eigenvalue weighted by Gasteiger charge is -2.04. The van der Waals surface area contributed by atoms with Gasteiger partial charge < -0.3 is 10.2 Å². The summed E-state index contributed by atoms with van der Waals surface area (Å²) in [6, 6.07) is 21.6. The molecule has 0 amide bonds. The van der Waals surface area contributed by atoms with Crippen LogP contribution in [0.3, 0.4) is 0 Å². The molecule has 0 unspecified atom stereocenters. The first kappa shape index (κ1) is 16.4. The van der Waals surface area contributed by atoms with Crippen molar-refractivity contribution in [2.75, 3.05) is 5.73 Å². The summed E-state index contributed by atoms with van der Waals surface area (Å²) < 4.78 is 8.44. The van der Waals surface area contributed by atoms with E-state index in [1.807, 2.05) is 66.7 Å². The SMILES string of the molecule is Nc1ncc(-c2ccc(Br)cc2)n1N=Cc1ccc(-c2ccccc2)o1. The van der Waals surface area contributed by atoms with Gasteiger partial charge in [0.05, 0.1) is 18.1 Å². The van der Waals surface area contributed by atoms with Crippen LogP contribution in [0, 0.1) is 0 Å². The van der Waals surface area contributed by atoms with Crippen LogP contribution in [-0.4, -0.2) is 15.9 Å². The van der Waals surface area contributed by atoms with E-state index in [2.05, 4.69) is 26.0 Å². The molecule has 0 saturated carbocycles. The highest BCUT2D eigenvalue weighted by Gasteiger charge is 2.09. The summed E-state index contributed by atoms with van der Waals surface area (Å²) in [5.41, 5.74) is 8.76. The summed E-state index contributed by atoms with van der Waals surface area (Å²) >= 11 is 3.44. The molecule has 128 valence electrons. The Hall–Kier alpha value is -3.12. The Balaban J connectivity index is 1.63. The first-order chi connectivity index (χ1) is 12.7. The van der Waals surface area contributed by atoms with Gasteiger partial charge in [0.15, 0.2) is 0 Å². The van der Waals surface area contributed by atoms with E-state index in [-0.39, 0.29) is 0 Å². The maximum atomic E-state index is 5.97. The molecule has 2 N–H and O–H groups in total. The minimum atomic E-state index is 0.314. The molecule has 0 atom stereocenters. The summed E-state index contributed by atoms with van der Waals surface area (Å²) in [5.74, 6) is 1.74. The molecule has 0 aliphatic rings. The van der Waals surface area contributed by atoms with Gasteiger partial charge in [-0.3, -0.25) is 0 Å². The average molecular weight is 407 g/mol. The fraction of sp³-hybridized carbons (Fsp3) is 0. The molecule has 0 aliphatic carbocycles. The number of furan rings is 1. The number of nitrogens with two attached hydrogens (primary N) is 1. The Morgan fingerprint density at radius 3 is 2.50 bits per heavy atom. The van der Waals surface area contributed by atoms with Gasteiger partial charge in [0.1, 0.15) is 11.5 Å². The highest BCUT2D eigenvalue weighted by molar-refractivity contribution is 9.10. The van der Waals surface area contributed by atoms with Crippen molar-refractivity contribution in [3.05, 3.63) is 83.2 Å². The molecule has 4 rings (SSSR count). The fourth-order valence-electron chi connectivity index (χ4n) is 2.59. The maximum Gasteiger partial charge on any atom is 0.221 e. The minimum Gasteiger partial charge on any atom is -0.455 e. The van der Waals surface area contributed by atoms with Crippen molar-refractivity contribution < 1.29 is 4.42 Å². The van der Waals surface area contributed by atoms with Crippen molar-refractivity contribution in [3.8, 4) is 22.6 Å². The standard InChI is InChI=1S/C20H15BrN4O/c21-16-8-6-14(7-9-16)18-13-23-20(22)25(18)24-12-17-10-11-19(26-17)15-4-2-1-3-5-15/h1-13H,(H2,22,23). The van der Waals surface area contributed by atoms with Crippen LogP contribution in [0.25, 0.3) is 22.6 Å². The summed E-state index contributed by atoms with van der Waals surface area (Å²) in [5, 5.41) is 4.44. The van der Waals surface area contributed by atoms with Gasteiger partial charge in [0, 0.05) is 15.6 Å². The molecular weight excluding hydrogens is 392 g/mol. The van der Waals surface area contributed by atoms with E-state index in [1.54, 1.807) is 17.1 Å². The Kier molecular flexibility index (Phi) is 4.41. The van der Waals surface area contributed by atoms with Gasteiger partial charge in [-0.2, -0.15) is 9.78 Å². The predicted molar refractivity (Wildman–Crippen MR) is 107 cm³/mol. The molecular formula is C20H15BrN4O. The molecule has 0 radical (unpaired) electrons. The smallest absolute Gasteiger partial charge is 0.221 e. The molecule has 6 heteroatoms. The number of benzene rings is 2. The van der Waals surface area contributed by atoms with E-state index in [0.717, 1.165) is 27.1 Å². The van der Waals surface area contributed by atoms with E-state index in [9.17, 15) is 0 Å². The van der Waals surface area contributed by atoms with E-state index >= 15 is 0 Å². The molecule has 0 aliphatic heterocycles. The zero-order valence-electron chi connectivity index (χ0n) is 13.7. The lowest BCUT2D eigenvalue weighted by atomic mass is 10.2. The largest absolute Gasteiger partial charge is 0.455 e. The van der Waals surface area contributed by atoms with Crippen molar-refractivity contribution in [1.82, 2.24) is 9.66 Å². The first-order valence-corrected chi connectivity index (χ1v) is 8.79. The summed E-state index contributed by atoms with van der Waals surface area (Å²) in [7, 11) is 0. The Morgan fingerprint density at radius 2 is 1.73 bits per heavy atom. The van der Waals surface area contributed by atoms with Crippen LogP contribution in [0.1, 0.15) is 5.76 Å². The number of nitrogens with zero attached hydrogens (tertiary/aromatic N) is 3. The molecule has 0 bridgehead atoms. The number of hydrogen-bond acceptors (Lipinski definition) is 4. The maximum absolute atomic E-state index is 5.97. The highest BCUT2D eigenvalue weighted by atomic mass is 79.9. The number of hydrogen-bond donors (Lipinski definition) is 1. The summed E-state index contributed by atoms with van der Waals surface area (Å²) in [6.07, 6.45) is 3.33. The van der Waals surface area contributed by atoms with E-state index in [1.165, 1.54) is 0 Å². The zero-order chi connectivity index (χ0) is 17.9. The number of imidazole rings is 1. The molecule has 4 aromatic rings. The molecule has 26 heavy (non-hydrogen) atoms. The normalized spacial score (nSPS) is 11.3. The van der Waals surface area contributed by atoms with Crippen LogP contribution < -0.4 is 5.73 Å². The highest BCUT2D eigenvalue weighted by Crippen LogP contribution is 2.24. The Labute approximate surface area is 158 Å². The third-order valence-corrected chi connectivity index (χ3v) is 4.42. The molecule has 2 aromatic carbocycles. The second-order valence-corrected chi connectivity index (χ2v) is 6.55. The van der Waals surface area contributed by atoms with Gasteiger partial charge in [0.25, 0.3) is 0 Å². The van der Waals surface area contributed by atoms with Gasteiger partial charge >= 0.3 is 0 Å². The predicted octanol–water partition coefficient (Wildman–Crippen LogP) is 5.04.